The van der Waals surface area contributed by atoms with Crippen molar-refractivity contribution in [3.8, 4) is 0 Å². The van der Waals surface area contributed by atoms with E-state index in [-0.39, 0.29) is 11.8 Å². The van der Waals surface area contributed by atoms with Crippen LogP contribution in [0.1, 0.15) is 24.4 Å². The van der Waals surface area contributed by atoms with Crippen molar-refractivity contribution in [2.75, 3.05) is 18.0 Å². The first-order chi connectivity index (χ1) is 12.6. The summed E-state index contributed by atoms with van der Waals surface area (Å²) in [5, 5.41) is 12.1. The van der Waals surface area contributed by atoms with E-state index in [1.54, 1.807) is 12.3 Å². The largest absolute Gasteiger partial charge is 0.465 e. The van der Waals surface area contributed by atoms with E-state index >= 15 is 0 Å². The Morgan fingerprint density at radius 3 is 3.04 bits per heavy atom. The van der Waals surface area contributed by atoms with Gasteiger partial charge >= 0.3 is 0 Å². The van der Waals surface area contributed by atoms with Crippen molar-refractivity contribution in [1.82, 2.24) is 19.9 Å². The Balaban J connectivity index is 1.44. The van der Waals surface area contributed by atoms with E-state index in [0.717, 1.165) is 42.5 Å². The second kappa shape index (κ2) is 6.99. The summed E-state index contributed by atoms with van der Waals surface area (Å²) in [6, 6.07) is 7.40. The van der Waals surface area contributed by atoms with Crippen LogP contribution >= 0.6 is 11.6 Å². The number of fused-ring (bicyclic) bond motifs is 1. The number of hydrogen-bond donors (Lipinski definition) is 1. The molecule has 26 heavy (non-hydrogen) atoms. The zero-order valence-electron chi connectivity index (χ0n) is 14.5. The Kier molecular flexibility index (Phi) is 4.55. The lowest BCUT2D eigenvalue weighted by Crippen LogP contribution is -2.43. The fourth-order valence-corrected chi connectivity index (χ4v) is 3.50. The fourth-order valence-electron chi connectivity index (χ4n) is 3.34. The van der Waals surface area contributed by atoms with Crippen LogP contribution < -0.4 is 10.2 Å². The van der Waals surface area contributed by atoms with Gasteiger partial charge in [0, 0.05) is 19.3 Å². The van der Waals surface area contributed by atoms with E-state index in [1.807, 2.05) is 29.5 Å². The van der Waals surface area contributed by atoms with Crippen LogP contribution in [0, 0.1) is 12.8 Å². The van der Waals surface area contributed by atoms with Gasteiger partial charge in [-0.2, -0.15) is 0 Å². The van der Waals surface area contributed by atoms with Gasteiger partial charge in [-0.05, 0) is 44.0 Å². The molecule has 0 aliphatic carbocycles. The molecule has 1 aliphatic rings. The van der Waals surface area contributed by atoms with Crippen LogP contribution in [-0.4, -0.2) is 33.6 Å². The lowest BCUT2D eigenvalue weighted by Gasteiger charge is -2.31. The molecule has 1 aliphatic heterocycles. The minimum absolute atomic E-state index is 0.0376. The smallest absolute Gasteiger partial charge is 0.231 e. The zero-order valence-corrected chi connectivity index (χ0v) is 15.2. The molecule has 8 heteroatoms. The van der Waals surface area contributed by atoms with Crippen LogP contribution in [0.2, 0.25) is 5.02 Å². The molecule has 0 spiro atoms. The van der Waals surface area contributed by atoms with E-state index in [0.29, 0.717) is 18.1 Å². The first-order valence-corrected chi connectivity index (χ1v) is 9.06. The summed E-state index contributed by atoms with van der Waals surface area (Å²) in [7, 11) is 0. The molecule has 0 bridgehead atoms. The topological polar surface area (TPSA) is 75.7 Å². The molecule has 7 nitrogen and oxygen atoms in total. The number of pyridine rings is 1. The molecular formula is C18H20ClN5O2. The highest BCUT2D eigenvalue weighted by molar-refractivity contribution is 6.30. The number of rotatable bonds is 4. The number of aromatic nitrogens is 3. The van der Waals surface area contributed by atoms with E-state index in [9.17, 15) is 4.79 Å². The lowest BCUT2D eigenvalue weighted by atomic mass is 9.97. The van der Waals surface area contributed by atoms with E-state index in [4.69, 9.17) is 16.0 Å². The Hall–Kier alpha value is -2.54. The average Bonchev–Trinajstić information content (AvgIpc) is 3.25. The molecule has 0 saturated carbocycles. The summed E-state index contributed by atoms with van der Waals surface area (Å²) in [5.74, 6) is 2.28. The number of nitrogens with one attached hydrogen (secondary N) is 1. The van der Waals surface area contributed by atoms with Crippen molar-refractivity contribution in [3.63, 3.8) is 0 Å². The summed E-state index contributed by atoms with van der Waals surface area (Å²) in [6.07, 6.45) is 3.58. The number of anilines is 1. The van der Waals surface area contributed by atoms with Gasteiger partial charge in [0.25, 0.3) is 0 Å². The third-order valence-corrected chi connectivity index (χ3v) is 4.88. The molecule has 4 rings (SSSR count). The van der Waals surface area contributed by atoms with E-state index in [1.165, 1.54) is 0 Å². The van der Waals surface area contributed by atoms with Crippen LogP contribution in [0.25, 0.3) is 5.65 Å². The Bertz CT molecular complexity index is 935. The van der Waals surface area contributed by atoms with Gasteiger partial charge in [0.15, 0.2) is 5.65 Å². The summed E-state index contributed by atoms with van der Waals surface area (Å²) in [6.45, 7) is 3.75. The van der Waals surface area contributed by atoms with Crippen molar-refractivity contribution in [3.05, 3.63) is 47.0 Å². The molecule has 1 atom stereocenters. The fraction of sp³-hybridized carbons (Fsp3) is 0.389. The molecule has 136 valence electrons. The Labute approximate surface area is 155 Å². The molecule has 1 saturated heterocycles. The number of nitrogens with zero attached hydrogens (tertiary/aromatic N) is 4. The zero-order chi connectivity index (χ0) is 18.1. The molecule has 0 aromatic carbocycles. The van der Waals surface area contributed by atoms with Crippen LogP contribution in [-0.2, 0) is 11.3 Å². The SMILES string of the molecule is Cc1ccc(CNC(=O)C2CCCN(c3nnc4ccc(Cl)cn34)C2)o1. The molecular weight excluding hydrogens is 354 g/mol. The molecule has 1 N–H and O–H groups in total. The van der Waals surface area contributed by atoms with Crippen molar-refractivity contribution in [2.45, 2.75) is 26.3 Å². The highest BCUT2D eigenvalue weighted by Crippen LogP contribution is 2.24. The predicted molar refractivity (Wildman–Crippen MR) is 98.2 cm³/mol. The van der Waals surface area contributed by atoms with Crippen LogP contribution in [0.4, 0.5) is 5.95 Å². The number of furan rings is 1. The molecule has 1 unspecified atom stereocenters. The number of amides is 1. The van der Waals surface area contributed by atoms with Gasteiger partial charge in [-0.1, -0.05) is 11.6 Å². The van der Waals surface area contributed by atoms with Gasteiger partial charge in [-0.15, -0.1) is 10.2 Å². The number of carbonyl (C=O) groups is 1. The number of hydrogen-bond acceptors (Lipinski definition) is 5. The minimum atomic E-state index is -0.0913. The first kappa shape index (κ1) is 16.9. The summed E-state index contributed by atoms with van der Waals surface area (Å²) < 4.78 is 7.37. The second-order valence-electron chi connectivity index (χ2n) is 6.59. The highest BCUT2D eigenvalue weighted by atomic mass is 35.5. The summed E-state index contributed by atoms with van der Waals surface area (Å²) in [4.78, 5) is 14.7. The van der Waals surface area contributed by atoms with Crippen molar-refractivity contribution < 1.29 is 9.21 Å². The second-order valence-corrected chi connectivity index (χ2v) is 7.03. The standard InChI is InChI=1S/C18H20ClN5O2/c1-12-4-6-15(26-12)9-20-17(25)13-3-2-8-23(10-13)18-22-21-16-7-5-14(19)11-24(16)18/h4-7,11,13H,2-3,8-10H2,1H3,(H,20,25). The predicted octanol–water partition coefficient (Wildman–Crippen LogP) is 2.82. The van der Waals surface area contributed by atoms with Gasteiger partial charge in [0.2, 0.25) is 11.9 Å². The maximum Gasteiger partial charge on any atom is 0.231 e. The quantitative estimate of drug-likeness (QED) is 0.761. The van der Waals surface area contributed by atoms with E-state index < -0.39 is 0 Å². The highest BCUT2D eigenvalue weighted by Gasteiger charge is 2.28. The lowest BCUT2D eigenvalue weighted by molar-refractivity contribution is -0.125. The van der Waals surface area contributed by atoms with Crippen molar-refractivity contribution in [2.24, 2.45) is 5.92 Å². The maximum atomic E-state index is 12.6. The van der Waals surface area contributed by atoms with Gasteiger partial charge in [-0.25, -0.2) is 0 Å². The molecule has 3 aromatic rings. The summed E-state index contributed by atoms with van der Waals surface area (Å²) >= 11 is 6.10. The van der Waals surface area contributed by atoms with Gasteiger partial charge < -0.3 is 14.6 Å². The first-order valence-electron chi connectivity index (χ1n) is 8.68. The Morgan fingerprint density at radius 2 is 2.23 bits per heavy atom. The monoisotopic (exact) mass is 373 g/mol. The molecule has 4 heterocycles. The average molecular weight is 374 g/mol. The number of aryl methyl sites for hydroxylation is 1. The number of piperidine rings is 1. The molecule has 3 aromatic heterocycles. The third kappa shape index (κ3) is 3.39. The normalized spacial score (nSPS) is 17.6. The number of carbonyl (C=O) groups excluding carboxylic acids is 1. The Morgan fingerprint density at radius 1 is 1.35 bits per heavy atom. The molecule has 1 fully saturated rings. The van der Waals surface area contributed by atoms with Crippen molar-refractivity contribution in [1.29, 1.82) is 0 Å². The summed E-state index contributed by atoms with van der Waals surface area (Å²) in [5.41, 5.74) is 0.740. The van der Waals surface area contributed by atoms with Crippen LogP contribution in [0.15, 0.2) is 34.9 Å². The van der Waals surface area contributed by atoms with Gasteiger partial charge in [0.1, 0.15) is 11.5 Å². The van der Waals surface area contributed by atoms with Gasteiger partial charge in [0.05, 0.1) is 17.5 Å². The van der Waals surface area contributed by atoms with E-state index in [2.05, 4.69) is 20.4 Å². The third-order valence-electron chi connectivity index (χ3n) is 4.66. The van der Waals surface area contributed by atoms with Gasteiger partial charge in [-0.3, -0.25) is 9.20 Å². The van der Waals surface area contributed by atoms with Crippen LogP contribution in [0.3, 0.4) is 0 Å². The van der Waals surface area contributed by atoms with Crippen molar-refractivity contribution >= 4 is 29.1 Å². The maximum absolute atomic E-state index is 12.6. The molecule has 0 radical (unpaired) electrons. The van der Waals surface area contributed by atoms with Crippen LogP contribution in [0.5, 0.6) is 0 Å². The number of halogens is 1. The molecule has 1 amide bonds. The minimum Gasteiger partial charge on any atom is -0.465 e.